The zero-order chi connectivity index (χ0) is 13.7. The molecule has 2 aromatic rings. The van der Waals surface area contributed by atoms with Crippen LogP contribution in [0.5, 0.6) is 17.2 Å². The summed E-state index contributed by atoms with van der Waals surface area (Å²) in [5.74, 6) is 2.19. The van der Waals surface area contributed by atoms with Crippen molar-refractivity contribution >= 4 is 5.69 Å². The van der Waals surface area contributed by atoms with Gasteiger partial charge in [0.05, 0.1) is 12.3 Å². The van der Waals surface area contributed by atoms with Crippen molar-refractivity contribution in [2.45, 2.75) is 20.3 Å². The summed E-state index contributed by atoms with van der Waals surface area (Å²) in [5.41, 5.74) is 7.74. The molecule has 3 nitrogen and oxygen atoms in total. The van der Waals surface area contributed by atoms with Crippen molar-refractivity contribution in [3.05, 3.63) is 48.0 Å². The maximum Gasteiger partial charge on any atom is 0.145 e. The topological polar surface area (TPSA) is 44.5 Å². The number of benzene rings is 2. The number of hydrogen-bond donors (Lipinski definition) is 1. The van der Waals surface area contributed by atoms with Crippen molar-refractivity contribution in [1.29, 1.82) is 0 Å². The maximum absolute atomic E-state index is 5.83. The molecule has 0 aromatic heterocycles. The highest BCUT2D eigenvalue weighted by Crippen LogP contribution is 2.30. The van der Waals surface area contributed by atoms with Gasteiger partial charge < -0.3 is 15.2 Å². The fourth-order valence-corrected chi connectivity index (χ4v) is 1.79. The van der Waals surface area contributed by atoms with Gasteiger partial charge in [-0.05, 0) is 43.2 Å². The number of nitrogen functional groups attached to an aromatic ring is 1. The van der Waals surface area contributed by atoms with Crippen molar-refractivity contribution in [3.8, 4) is 17.2 Å². The van der Waals surface area contributed by atoms with Crippen LogP contribution < -0.4 is 15.2 Å². The van der Waals surface area contributed by atoms with Gasteiger partial charge in [0.15, 0.2) is 0 Å². The van der Waals surface area contributed by atoms with Crippen LogP contribution in [0.15, 0.2) is 42.5 Å². The van der Waals surface area contributed by atoms with Gasteiger partial charge in [0, 0.05) is 6.07 Å². The lowest BCUT2D eigenvalue weighted by Crippen LogP contribution is -1.97. The molecule has 0 spiro atoms. The number of hydrogen-bond acceptors (Lipinski definition) is 3. The van der Waals surface area contributed by atoms with E-state index in [4.69, 9.17) is 15.2 Å². The Bertz CT molecular complexity index is 535. The van der Waals surface area contributed by atoms with Gasteiger partial charge in [0.1, 0.15) is 17.2 Å². The molecule has 0 radical (unpaired) electrons. The molecule has 0 unspecified atom stereocenters. The van der Waals surface area contributed by atoms with Gasteiger partial charge in [-0.1, -0.05) is 19.1 Å². The summed E-state index contributed by atoms with van der Waals surface area (Å²) in [7, 11) is 0. The maximum atomic E-state index is 5.83. The zero-order valence-electron chi connectivity index (χ0n) is 11.3. The lowest BCUT2D eigenvalue weighted by molar-refractivity contribution is 0.340. The van der Waals surface area contributed by atoms with Crippen molar-refractivity contribution < 1.29 is 9.47 Å². The molecular formula is C16H19NO2. The molecule has 0 aliphatic carbocycles. The van der Waals surface area contributed by atoms with E-state index in [2.05, 4.69) is 19.1 Å². The van der Waals surface area contributed by atoms with Gasteiger partial charge in [-0.15, -0.1) is 0 Å². The molecule has 0 heterocycles. The fraction of sp³-hybridized carbons (Fsp3) is 0.250. The van der Waals surface area contributed by atoms with Crippen LogP contribution in [-0.4, -0.2) is 6.61 Å². The third-order valence-electron chi connectivity index (χ3n) is 2.85. The smallest absolute Gasteiger partial charge is 0.145 e. The highest BCUT2D eigenvalue weighted by atomic mass is 16.5. The van der Waals surface area contributed by atoms with Crippen LogP contribution in [0.25, 0.3) is 0 Å². The van der Waals surface area contributed by atoms with E-state index in [1.165, 1.54) is 5.56 Å². The molecule has 0 amide bonds. The van der Waals surface area contributed by atoms with Crippen molar-refractivity contribution in [1.82, 2.24) is 0 Å². The molecule has 2 rings (SSSR count). The molecular weight excluding hydrogens is 238 g/mol. The summed E-state index contributed by atoms with van der Waals surface area (Å²) in [6.07, 6.45) is 1.02. The lowest BCUT2D eigenvalue weighted by atomic mass is 10.2. The molecule has 0 aliphatic rings. The molecule has 2 N–H and O–H groups in total. The van der Waals surface area contributed by atoms with Crippen LogP contribution in [0.4, 0.5) is 5.69 Å². The summed E-state index contributed by atoms with van der Waals surface area (Å²) < 4.78 is 11.2. The standard InChI is InChI=1S/C16H19NO2/c1-3-12-5-7-13(8-6-12)19-14-9-10-15(17)16(11-14)18-4-2/h5-11H,3-4,17H2,1-2H3. The van der Waals surface area contributed by atoms with Crippen LogP contribution in [0, 0.1) is 0 Å². The van der Waals surface area contributed by atoms with E-state index >= 15 is 0 Å². The van der Waals surface area contributed by atoms with Gasteiger partial charge in [-0.2, -0.15) is 0 Å². The summed E-state index contributed by atoms with van der Waals surface area (Å²) in [5, 5.41) is 0. The minimum atomic E-state index is 0.582. The summed E-state index contributed by atoms with van der Waals surface area (Å²) in [4.78, 5) is 0. The molecule has 0 saturated carbocycles. The minimum Gasteiger partial charge on any atom is -0.492 e. The minimum absolute atomic E-state index is 0.582. The number of nitrogens with two attached hydrogens (primary N) is 1. The Labute approximate surface area is 114 Å². The van der Waals surface area contributed by atoms with Gasteiger partial charge in [-0.3, -0.25) is 0 Å². The number of anilines is 1. The van der Waals surface area contributed by atoms with E-state index in [1.807, 2.05) is 31.2 Å². The average Bonchev–Trinajstić information content (AvgIpc) is 2.44. The summed E-state index contributed by atoms with van der Waals surface area (Å²) >= 11 is 0. The van der Waals surface area contributed by atoms with Crippen LogP contribution in [-0.2, 0) is 6.42 Å². The molecule has 2 aromatic carbocycles. The summed E-state index contributed by atoms with van der Waals surface area (Å²) in [6, 6.07) is 13.5. The van der Waals surface area contributed by atoms with Crippen LogP contribution in [0.3, 0.4) is 0 Å². The molecule has 3 heteroatoms. The van der Waals surface area contributed by atoms with E-state index in [9.17, 15) is 0 Å². The van der Waals surface area contributed by atoms with Gasteiger partial charge in [-0.25, -0.2) is 0 Å². The largest absolute Gasteiger partial charge is 0.492 e. The Morgan fingerprint density at radius 3 is 2.26 bits per heavy atom. The van der Waals surface area contributed by atoms with E-state index in [0.717, 1.165) is 17.9 Å². The quantitative estimate of drug-likeness (QED) is 0.823. The van der Waals surface area contributed by atoms with Gasteiger partial charge in [0.25, 0.3) is 0 Å². The van der Waals surface area contributed by atoms with E-state index in [0.29, 0.717) is 18.0 Å². The molecule has 0 aliphatic heterocycles. The van der Waals surface area contributed by atoms with E-state index < -0.39 is 0 Å². The predicted molar refractivity (Wildman–Crippen MR) is 77.9 cm³/mol. The fourth-order valence-electron chi connectivity index (χ4n) is 1.79. The first-order valence-electron chi connectivity index (χ1n) is 6.52. The van der Waals surface area contributed by atoms with Crippen LogP contribution >= 0.6 is 0 Å². The second kappa shape index (κ2) is 6.14. The number of rotatable bonds is 5. The molecule has 19 heavy (non-hydrogen) atoms. The number of ether oxygens (including phenoxy) is 2. The Balaban J connectivity index is 2.15. The predicted octanol–water partition coefficient (Wildman–Crippen LogP) is 4.02. The summed E-state index contributed by atoms with van der Waals surface area (Å²) in [6.45, 7) is 4.64. The SMILES string of the molecule is CCOc1cc(Oc2ccc(CC)cc2)ccc1N. The monoisotopic (exact) mass is 257 g/mol. The third kappa shape index (κ3) is 3.41. The number of aryl methyl sites for hydroxylation is 1. The second-order valence-corrected chi connectivity index (χ2v) is 4.23. The molecule has 0 fully saturated rings. The first-order valence-corrected chi connectivity index (χ1v) is 6.52. The second-order valence-electron chi connectivity index (χ2n) is 4.23. The first kappa shape index (κ1) is 13.3. The molecule has 0 bridgehead atoms. The normalized spacial score (nSPS) is 10.2. The third-order valence-corrected chi connectivity index (χ3v) is 2.85. The average molecular weight is 257 g/mol. The Morgan fingerprint density at radius 1 is 0.947 bits per heavy atom. The van der Waals surface area contributed by atoms with Crippen molar-refractivity contribution in [2.24, 2.45) is 0 Å². The van der Waals surface area contributed by atoms with Gasteiger partial charge in [0.2, 0.25) is 0 Å². The van der Waals surface area contributed by atoms with Gasteiger partial charge >= 0.3 is 0 Å². The molecule has 100 valence electrons. The lowest BCUT2D eigenvalue weighted by Gasteiger charge is -2.10. The Hall–Kier alpha value is -2.16. The van der Waals surface area contributed by atoms with Crippen molar-refractivity contribution in [3.63, 3.8) is 0 Å². The molecule has 0 saturated heterocycles. The Morgan fingerprint density at radius 2 is 1.63 bits per heavy atom. The van der Waals surface area contributed by atoms with E-state index in [1.54, 1.807) is 6.07 Å². The van der Waals surface area contributed by atoms with Crippen LogP contribution in [0.1, 0.15) is 19.4 Å². The van der Waals surface area contributed by atoms with Crippen LogP contribution in [0.2, 0.25) is 0 Å². The zero-order valence-corrected chi connectivity index (χ0v) is 11.3. The van der Waals surface area contributed by atoms with Crippen molar-refractivity contribution in [2.75, 3.05) is 12.3 Å². The van der Waals surface area contributed by atoms with E-state index in [-0.39, 0.29) is 0 Å². The first-order chi connectivity index (χ1) is 9.22. The Kier molecular flexibility index (Phi) is 4.29. The highest BCUT2D eigenvalue weighted by molar-refractivity contribution is 5.56. The molecule has 0 atom stereocenters. The highest BCUT2D eigenvalue weighted by Gasteiger charge is 2.04.